The summed E-state index contributed by atoms with van der Waals surface area (Å²) < 4.78 is 9.57. The van der Waals surface area contributed by atoms with Crippen LogP contribution in [-0.4, -0.2) is 31.5 Å². The second-order valence-electron chi connectivity index (χ2n) is 11.1. The van der Waals surface area contributed by atoms with E-state index in [1.807, 2.05) is 68.4 Å². The van der Waals surface area contributed by atoms with Gasteiger partial charge in [0.2, 0.25) is 0 Å². The van der Waals surface area contributed by atoms with E-state index in [2.05, 4.69) is 10.6 Å². The molecule has 5 aromatic rings. The number of nitrogens with zero attached hydrogens (tertiary/aromatic N) is 4. The highest BCUT2D eigenvalue weighted by Gasteiger charge is 2.22. The summed E-state index contributed by atoms with van der Waals surface area (Å²) in [7, 11) is 0. The largest absolute Gasteiger partial charge is 0.489 e. The predicted octanol–water partition coefficient (Wildman–Crippen LogP) is 7.01. The first-order valence-electron chi connectivity index (χ1n) is 14.7. The van der Waals surface area contributed by atoms with E-state index in [9.17, 15) is 14.7 Å². The lowest BCUT2D eigenvalue weighted by atomic mass is 9.88. The van der Waals surface area contributed by atoms with Gasteiger partial charge in [-0.15, -0.1) is 0 Å². The first-order chi connectivity index (χ1) is 20.9. The SMILES string of the molecule is Cc1cc(C=Nn2c(C3CCCCC3)nc3ccccc3c2=O)c(C)n1-c1ccc(OCc2cccc(C(=O)O)c2)cc1. The van der Waals surface area contributed by atoms with Crippen molar-refractivity contribution >= 4 is 23.1 Å². The normalized spacial score (nSPS) is 14.0. The summed E-state index contributed by atoms with van der Waals surface area (Å²) >= 11 is 0. The molecule has 43 heavy (non-hydrogen) atoms. The molecule has 8 heteroatoms. The summed E-state index contributed by atoms with van der Waals surface area (Å²) in [5.41, 5.74) is 5.54. The van der Waals surface area contributed by atoms with Gasteiger partial charge in [0.1, 0.15) is 18.2 Å². The number of carbonyl (C=O) groups is 1. The number of carboxylic acid groups (broad SMARTS) is 1. The van der Waals surface area contributed by atoms with Crippen LogP contribution in [0.2, 0.25) is 0 Å². The van der Waals surface area contributed by atoms with Gasteiger partial charge in [-0.2, -0.15) is 9.78 Å². The second-order valence-corrected chi connectivity index (χ2v) is 11.1. The molecule has 0 radical (unpaired) electrons. The molecule has 2 aromatic heterocycles. The van der Waals surface area contributed by atoms with Crippen molar-refractivity contribution in [1.82, 2.24) is 14.2 Å². The quantitative estimate of drug-likeness (QED) is 0.201. The summed E-state index contributed by atoms with van der Waals surface area (Å²) in [4.78, 5) is 29.7. The van der Waals surface area contributed by atoms with Crippen LogP contribution in [0.25, 0.3) is 16.6 Å². The van der Waals surface area contributed by atoms with Gasteiger partial charge in [0.25, 0.3) is 5.56 Å². The van der Waals surface area contributed by atoms with Crippen LogP contribution in [0.5, 0.6) is 5.75 Å². The Morgan fingerprint density at radius 1 is 1.00 bits per heavy atom. The lowest BCUT2D eigenvalue weighted by Gasteiger charge is -2.22. The topological polar surface area (TPSA) is 98.7 Å². The van der Waals surface area contributed by atoms with Crippen molar-refractivity contribution in [3.63, 3.8) is 0 Å². The van der Waals surface area contributed by atoms with E-state index in [0.29, 0.717) is 11.1 Å². The van der Waals surface area contributed by atoms with Crippen LogP contribution in [0.1, 0.15) is 76.7 Å². The van der Waals surface area contributed by atoms with Gasteiger partial charge in [-0.05, 0) is 86.8 Å². The molecule has 1 N–H and O–H groups in total. The van der Waals surface area contributed by atoms with Gasteiger partial charge in [0.15, 0.2) is 0 Å². The van der Waals surface area contributed by atoms with E-state index in [-0.39, 0.29) is 23.6 Å². The molecule has 218 valence electrons. The summed E-state index contributed by atoms with van der Waals surface area (Å²) in [6, 6.07) is 24.1. The number of hydrogen-bond donors (Lipinski definition) is 1. The highest BCUT2D eigenvalue weighted by atomic mass is 16.5. The number of para-hydroxylation sites is 1. The van der Waals surface area contributed by atoms with Crippen molar-refractivity contribution in [2.24, 2.45) is 5.10 Å². The van der Waals surface area contributed by atoms with Crippen LogP contribution in [0, 0.1) is 13.8 Å². The first kappa shape index (κ1) is 28.2. The van der Waals surface area contributed by atoms with Crippen molar-refractivity contribution < 1.29 is 14.6 Å². The number of hydrogen-bond acceptors (Lipinski definition) is 5. The van der Waals surface area contributed by atoms with Gasteiger partial charge in [0.05, 0.1) is 22.7 Å². The zero-order chi connectivity index (χ0) is 29.9. The third-order valence-electron chi connectivity index (χ3n) is 8.21. The Bertz CT molecular complexity index is 1880. The summed E-state index contributed by atoms with van der Waals surface area (Å²) in [6.45, 7) is 4.35. The maximum atomic E-state index is 13.6. The number of carboxylic acids is 1. The van der Waals surface area contributed by atoms with Gasteiger partial charge < -0.3 is 14.4 Å². The molecule has 0 unspecified atom stereocenters. The van der Waals surface area contributed by atoms with Crippen LogP contribution in [-0.2, 0) is 6.61 Å². The number of aryl methyl sites for hydroxylation is 1. The van der Waals surface area contributed by atoms with Crippen LogP contribution in [0.4, 0.5) is 0 Å². The lowest BCUT2D eigenvalue weighted by molar-refractivity contribution is 0.0696. The zero-order valence-electron chi connectivity index (χ0n) is 24.4. The molecule has 0 spiro atoms. The Hall–Kier alpha value is -4.98. The van der Waals surface area contributed by atoms with Gasteiger partial charge in [0, 0.05) is 28.6 Å². The smallest absolute Gasteiger partial charge is 0.335 e. The van der Waals surface area contributed by atoms with Crippen molar-refractivity contribution in [2.75, 3.05) is 0 Å². The van der Waals surface area contributed by atoms with Crippen LogP contribution in [0.3, 0.4) is 0 Å². The average molecular weight is 575 g/mol. The van der Waals surface area contributed by atoms with E-state index in [4.69, 9.17) is 14.8 Å². The summed E-state index contributed by atoms with van der Waals surface area (Å²) in [5, 5.41) is 14.5. The van der Waals surface area contributed by atoms with E-state index in [1.165, 1.54) is 11.1 Å². The average Bonchev–Trinajstić information content (AvgIpc) is 3.32. The maximum Gasteiger partial charge on any atom is 0.335 e. The molecule has 0 atom stereocenters. The van der Waals surface area contributed by atoms with Gasteiger partial charge in [-0.25, -0.2) is 9.78 Å². The minimum atomic E-state index is -0.960. The molecule has 1 fully saturated rings. The molecule has 0 aliphatic heterocycles. The second kappa shape index (κ2) is 12.1. The number of ether oxygens (including phenoxy) is 1. The molecule has 1 saturated carbocycles. The Morgan fingerprint density at radius 3 is 2.53 bits per heavy atom. The molecule has 8 nitrogen and oxygen atoms in total. The predicted molar refractivity (Wildman–Crippen MR) is 168 cm³/mol. The third kappa shape index (κ3) is 5.86. The Morgan fingerprint density at radius 2 is 1.77 bits per heavy atom. The van der Waals surface area contributed by atoms with E-state index < -0.39 is 5.97 Å². The number of aromatic nitrogens is 3. The first-order valence-corrected chi connectivity index (χ1v) is 14.7. The number of aromatic carboxylic acids is 1. The van der Waals surface area contributed by atoms with Crippen molar-refractivity contribution in [2.45, 2.75) is 58.5 Å². The molecule has 1 aliphatic carbocycles. The van der Waals surface area contributed by atoms with Crippen LogP contribution >= 0.6 is 0 Å². The van der Waals surface area contributed by atoms with E-state index in [0.717, 1.165) is 65.2 Å². The molecule has 0 bridgehead atoms. The standard InChI is InChI=1S/C35H34N4O4/c1-23-19-28(21-36-39-33(26-10-4-3-5-11-26)37-32-14-7-6-13-31(32)34(39)40)24(2)38(23)29-15-17-30(18-16-29)43-22-25-9-8-12-27(20-25)35(41)42/h6-9,12-21,26H,3-5,10-11,22H2,1-2H3,(H,41,42). The fourth-order valence-electron chi connectivity index (χ4n) is 5.97. The minimum absolute atomic E-state index is 0.137. The fourth-order valence-corrected chi connectivity index (χ4v) is 5.97. The number of rotatable bonds is 8. The lowest BCUT2D eigenvalue weighted by Crippen LogP contribution is -2.25. The van der Waals surface area contributed by atoms with Gasteiger partial charge in [-0.1, -0.05) is 43.5 Å². The molecule has 3 aromatic carbocycles. The Kier molecular flexibility index (Phi) is 7.92. The molecular formula is C35H34N4O4. The zero-order valence-corrected chi connectivity index (χ0v) is 24.4. The van der Waals surface area contributed by atoms with Gasteiger partial charge in [-0.3, -0.25) is 4.79 Å². The molecule has 2 heterocycles. The fraction of sp³-hybridized carbons (Fsp3) is 0.257. The highest BCUT2D eigenvalue weighted by molar-refractivity contribution is 5.87. The van der Waals surface area contributed by atoms with E-state index >= 15 is 0 Å². The Labute approximate surface area is 249 Å². The van der Waals surface area contributed by atoms with Gasteiger partial charge >= 0.3 is 5.97 Å². The van der Waals surface area contributed by atoms with Crippen LogP contribution < -0.4 is 10.3 Å². The highest BCUT2D eigenvalue weighted by Crippen LogP contribution is 2.32. The van der Waals surface area contributed by atoms with Crippen molar-refractivity contribution in [1.29, 1.82) is 0 Å². The maximum absolute atomic E-state index is 13.6. The molecular weight excluding hydrogens is 540 g/mol. The molecule has 6 rings (SSSR count). The Balaban J connectivity index is 1.25. The van der Waals surface area contributed by atoms with Crippen molar-refractivity contribution in [3.8, 4) is 11.4 Å². The third-order valence-corrected chi connectivity index (χ3v) is 8.21. The van der Waals surface area contributed by atoms with Crippen LogP contribution in [0.15, 0.2) is 88.8 Å². The summed E-state index contributed by atoms with van der Waals surface area (Å²) in [6.07, 6.45) is 7.30. The molecule has 0 amide bonds. The number of fused-ring (bicyclic) bond motifs is 1. The van der Waals surface area contributed by atoms with Crippen molar-refractivity contribution in [3.05, 3.63) is 123 Å². The molecule has 1 aliphatic rings. The molecule has 0 saturated heterocycles. The summed E-state index contributed by atoms with van der Waals surface area (Å²) in [5.74, 6) is 0.696. The minimum Gasteiger partial charge on any atom is -0.489 e. The monoisotopic (exact) mass is 574 g/mol. The van der Waals surface area contributed by atoms with E-state index in [1.54, 1.807) is 24.4 Å². The number of benzene rings is 3.